The molecule has 510 valence electrons. The molecule has 2 aromatic carbocycles. The summed E-state index contributed by atoms with van der Waals surface area (Å²) in [7, 11) is 8.63. The Morgan fingerprint density at radius 1 is 0.736 bits per heavy atom. The molecule has 0 saturated carbocycles. The molecular weight excluding hydrogens is 1160 g/mol. The number of likely N-dealkylation sites (tertiary alicyclic amines) is 1. The standard InChI is InChI=1S/C69H110N8O14/c1-16-45(8)64(76(13)68(87)53(42(2)3)38-56(79)63(44(6)7)75(11)12)58(89-14)39-60(82)77-34-22-26-54(77)65(90-15)47(10)66(85)73-52(36-48-23-18-17-19-24-48)35-46(9)57(80)41-91-40-49-29-31-51(32-30-49)72-67(86)50(25-21-33-71-69(70)88)37-55(78)62(43(4)5)74-59(81)27-20-28-61(83)84/h17-19,23-24,29-32,42-47,50,52-54,58,62-65H,16,20-22,25-28,33-41H2,1-15H3,(H,72,86)(H,73,85)(H,74,81)(H,83,84)(H3,70,71,88)/t45-,46-,47+,50-,52+,53-,54-,58+,62+,63-,64-,65+/m0/s1. The highest BCUT2D eigenvalue weighted by Gasteiger charge is 2.44. The zero-order chi connectivity index (χ0) is 68.2. The number of ether oxygens (including phenoxy) is 3. The Kier molecular flexibility index (Phi) is 34.3. The lowest BCUT2D eigenvalue weighted by Gasteiger charge is -2.41. The Balaban J connectivity index is 1.70. The van der Waals surface area contributed by atoms with Crippen molar-refractivity contribution in [2.75, 3.05) is 60.4 Å². The third-order valence-corrected chi connectivity index (χ3v) is 17.9. The first kappa shape index (κ1) is 78.6. The van der Waals surface area contributed by atoms with Crippen LogP contribution in [-0.4, -0.2) is 176 Å². The van der Waals surface area contributed by atoms with E-state index >= 15 is 0 Å². The van der Waals surface area contributed by atoms with Gasteiger partial charge in [0, 0.05) is 89.5 Å². The Morgan fingerprint density at radius 3 is 1.96 bits per heavy atom. The molecule has 7 N–H and O–H groups in total. The largest absolute Gasteiger partial charge is 0.481 e. The van der Waals surface area contributed by atoms with Gasteiger partial charge in [-0.05, 0) is 106 Å². The van der Waals surface area contributed by atoms with E-state index in [2.05, 4.69) is 21.3 Å². The highest BCUT2D eigenvalue weighted by molar-refractivity contribution is 5.97. The van der Waals surface area contributed by atoms with Crippen molar-refractivity contribution in [1.82, 2.24) is 30.7 Å². The van der Waals surface area contributed by atoms with Crippen LogP contribution in [0.3, 0.4) is 0 Å². The molecule has 1 aliphatic rings. The summed E-state index contributed by atoms with van der Waals surface area (Å²) >= 11 is 0. The molecule has 22 nitrogen and oxygen atoms in total. The summed E-state index contributed by atoms with van der Waals surface area (Å²) in [6.45, 7) is 19.7. The normalized spacial score (nSPS) is 17.0. The topological polar surface area (TPSA) is 302 Å². The summed E-state index contributed by atoms with van der Waals surface area (Å²) < 4.78 is 18.2. The van der Waals surface area contributed by atoms with Crippen LogP contribution in [0, 0.1) is 47.3 Å². The van der Waals surface area contributed by atoms with Crippen LogP contribution in [0.1, 0.15) is 157 Å². The molecule has 0 bridgehead atoms. The van der Waals surface area contributed by atoms with Crippen LogP contribution < -0.4 is 27.0 Å². The van der Waals surface area contributed by atoms with Crippen molar-refractivity contribution in [1.29, 1.82) is 0 Å². The molecule has 91 heavy (non-hydrogen) atoms. The lowest BCUT2D eigenvalue weighted by atomic mass is 9.83. The van der Waals surface area contributed by atoms with Gasteiger partial charge in [-0.3, -0.25) is 48.1 Å². The summed E-state index contributed by atoms with van der Waals surface area (Å²) in [5.74, 6) is -6.12. The molecule has 0 unspecified atom stereocenters. The number of rotatable bonds is 43. The lowest BCUT2D eigenvalue weighted by molar-refractivity contribution is -0.149. The number of hydrogen-bond acceptors (Lipinski definition) is 14. The van der Waals surface area contributed by atoms with E-state index in [9.17, 15) is 47.9 Å². The van der Waals surface area contributed by atoms with E-state index in [-0.39, 0.29) is 129 Å². The van der Waals surface area contributed by atoms with Crippen LogP contribution in [0.25, 0.3) is 0 Å². The number of carboxylic acids is 1. The predicted octanol–water partition coefficient (Wildman–Crippen LogP) is 7.62. The fraction of sp³-hybridized carbons (Fsp3) is 0.681. The Morgan fingerprint density at radius 2 is 1.40 bits per heavy atom. The van der Waals surface area contributed by atoms with Gasteiger partial charge < -0.3 is 56.1 Å². The second kappa shape index (κ2) is 39.7. The Bertz CT molecular complexity index is 2650. The van der Waals surface area contributed by atoms with E-state index in [0.717, 1.165) is 5.56 Å². The maximum atomic E-state index is 14.6. The maximum Gasteiger partial charge on any atom is 0.312 e. The van der Waals surface area contributed by atoms with Crippen molar-refractivity contribution in [2.24, 2.45) is 53.1 Å². The number of nitrogens with one attached hydrogen (secondary N) is 4. The van der Waals surface area contributed by atoms with Crippen LogP contribution in [0.4, 0.5) is 10.5 Å². The van der Waals surface area contributed by atoms with Crippen LogP contribution in [-0.2, 0) is 70.4 Å². The smallest absolute Gasteiger partial charge is 0.312 e. The Labute approximate surface area is 541 Å². The van der Waals surface area contributed by atoms with Crippen molar-refractivity contribution in [3.63, 3.8) is 0 Å². The molecule has 0 radical (unpaired) electrons. The molecule has 0 aromatic heterocycles. The number of nitrogens with zero attached hydrogens (tertiary/aromatic N) is 3. The van der Waals surface area contributed by atoms with Crippen LogP contribution in [0.15, 0.2) is 54.6 Å². The summed E-state index contributed by atoms with van der Waals surface area (Å²) in [6, 6.07) is 13.2. The SMILES string of the molecule is CC[C@H](C)[C@@H]([C@@H](CC(=O)N1CCC[C@H]1[C@H](OC)[C@@H](C)C(=O)N[C@@H](Cc1ccccc1)C[C@H](C)C(=O)COCc1ccc(NC(=O)[C@@H](CCCNC(N)=O)CC(=O)[C@H](NC(=O)CCCC(=O)O)C(C)C)cc1)OC)N(C)C(=O)[C@@H](CC(=O)[C@H](C(C)C)N(C)C)C(C)C. The van der Waals surface area contributed by atoms with Crippen molar-refractivity contribution < 1.29 is 67.3 Å². The second-order valence-corrected chi connectivity index (χ2v) is 26.3. The van der Waals surface area contributed by atoms with Gasteiger partial charge in [0.15, 0.2) is 17.3 Å². The van der Waals surface area contributed by atoms with Crippen molar-refractivity contribution >= 4 is 64.6 Å². The van der Waals surface area contributed by atoms with Crippen molar-refractivity contribution in [3.8, 4) is 0 Å². The molecule has 22 heteroatoms. The fourth-order valence-electron chi connectivity index (χ4n) is 12.6. The molecule has 7 amide bonds. The number of carbonyl (C=O) groups is 10. The van der Waals surface area contributed by atoms with Gasteiger partial charge in [-0.15, -0.1) is 0 Å². The number of benzene rings is 2. The van der Waals surface area contributed by atoms with Gasteiger partial charge >= 0.3 is 12.0 Å². The Hall–Kier alpha value is -6.62. The van der Waals surface area contributed by atoms with E-state index in [0.29, 0.717) is 56.3 Å². The number of methoxy groups -OCH3 is 2. The number of likely N-dealkylation sites (N-methyl/N-ethyl adjacent to an activating group) is 2. The first-order valence-corrected chi connectivity index (χ1v) is 32.7. The van der Waals surface area contributed by atoms with Gasteiger partial charge in [-0.2, -0.15) is 0 Å². The number of amides is 7. The molecule has 1 fully saturated rings. The molecule has 0 spiro atoms. The number of carbonyl (C=O) groups excluding carboxylic acids is 9. The van der Waals surface area contributed by atoms with E-state index in [4.69, 9.17) is 25.1 Å². The van der Waals surface area contributed by atoms with E-state index in [1.807, 2.05) is 90.9 Å². The van der Waals surface area contributed by atoms with E-state index in [1.54, 1.807) is 83.0 Å². The summed E-state index contributed by atoms with van der Waals surface area (Å²) in [6.07, 6.45) is 1.71. The van der Waals surface area contributed by atoms with Gasteiger partial charge in [0.25, 0.3) is 0 Å². The predicted molar refractivity (Wildman–Crippen MR) is 350 cm³/mol. The average molecular weight is 1280 g/mol. The molecule has 3 rings (SSSR count). The monoisotopic (exact) mass is 1270 g/mol. The first-order valence-electron chi connectivity index (χ1n) is 32.7. The van der Waals surface area contributed by atoms with Gasteiger partial charge in [-0.25, -0.2) is 4.79 Å². The molecule has 2 aromatic rings. The van der Waals surface area contributed by atoms with Gasteiger partial charge in [0.2, 0.25) is 29.5 Å². The number of urea groups is 1. The molecule has 1 saturated heterocycles. The third-order valence-electron chi connectivity index (χ3n) is 17.9. The number of primary amides is 1. The first-order chi connectivity index (χ1) is 42.9. The number of anilines is 1. The minimum absolute atomic E-state index is 0.0137. The van der Waals surface area contributed by atoms with E-state index < -0.39 is 83.9 Å². The van der Waals surface area contributed by atoms with Gasteiger partial charge in [0.1, 0.15) is 6.61 Å². The summed E-state index contributed by atoms with van der Waals surface area (Å²) in [5, 5.41) is 20.3. The van der Waals surface area contributed by atoms with Crippen molar-refractivity contribution in [3.05, 3.63) is 65.7 Å². The number of aliphatic carboxylic acids is 1. The summed E-state index contributed by atoms with van der Waals surface area (Å²) in [4.78, 5) is 139. The van der Waals surface area contributed by atoms with Gasteiger partial charge in [0.05, 0.1) is 55.3 Å². The molecule has 12 atom stereocenters. The van der Waals surface area contributed by atoms with Gasteiger partial charge in [-0.1, -0.05) is 118 Å². The quantitative estimate of drug-likeness (QED) is 0.0348. The molecular formula is C69H110N8O14. The lowest BCUT2D eigenvalue weighted by Crippen LogP contribution is -2.54. The average Bonchev–Trinajstić information content (AvgIpc) is 1.95. The van der Waals surface area contributed by atoms with Crippen LogP contribution in [0.2, 0.25) is 0 Å². The minimum atomic E-state index is -1.03. The number of nitrogens with two attached hydrogens (primary N) is 1. The van der Waals surface area contributed by atoms with Crippen LogP contribution in [0.5, 0.6) is 0 Å². The number of Topliss-reactive ketones (excluding diaryl/α,β-unsaturated/α-hetero) is 3. The highest BCUT2D eigenvalue weighted by atomic mass is 16.5. The highest BCUT2D eigenvalue weighted by Crippen LogP contribution is 2.32. The molecule has 0 aliphatic carbocycles. The van der Waals surface area contributed by atoms with Crippen LogP contribution >= 0.6 is 0 Å². The zero-order valence-corrected chi connectivity index (χ0v) is 57.1. The second-order valence-electron chi connectivity index (χ2n) is 26.3. The number of ketones is 3. The minimum Gasteiger partial charge on any atom is -0.481 e. The molecule has 1 aliphatic heterocycles. The number of carboxylic acid groups (broad SMARTS) is 1. The number of hydrogen-bond donors (Lipinski definition) is 6. The van der Waals surface area contributed by atoms with E-state index in [1.165, 1.54) is 0 Å². The zero-order valence-electron chi connectivity index (χ0n) is 57.1. The van der Waals surface area contributed by atoms with Crippen molar-refractivity contribution in [2.45, 2.75) is 202 Å². The third kappa shape index (κ3) is 25.8. The summed E-state index contributed by atoms with van der Waals surface area (Å²) in [5.41, 5.74) is 7.35. The fourth-order valence-corrected chi connectivity index (χ4v) is 12.6. The molecule has 1 heterocycles. The maximum absolute atomic E-state index is 14.6.